The molecule has 31 heavy (non-hydrogen) atoms. The largest absolute Gasteiger partial charge is 0.496 e. The first-order valence-electron chi connectivity index (χ1n) is 9.85. The van der Waals surface area contributed by atoms with E-state index in [0.717, 1.165) is 26.4 Å². The van der Waals surface area contributed by atoms with E-state index in [1.807, 2.05) is 25.1 Å². The molecule has 1 N–H and O–H groups in total. The Balaban J connectivity index is 1.63. The molecule has 0 saturated carbocycles. The van der Waals surface area contributed by atoms with Crippen molar-refractivity contribution in [2.24, 2.45) is 0 Å². The van der Waals surface area contributed by atoms with Crippen LogP contribution in [0.15, 0.2) is 53.4 Å². The Kier molecular flexibility index (Phi) is 5.49. The van der Waals surface area contributed by atoms with Crippen molar-refractivity contribution in [3.63, 3.8) is 0 Å². The molecule has 0 bridgehead atoms. The number of hydrogen-bond donors (Lipinski definition) is 1. The molecule has 0 saturated heterocycles. The van der Waals surface area contributed by atoms with Gasteiger partial charge in [-0.1, -0.05) is 6.07 Å². The number of benzene rings is 3. The van der Waals surface area contributed by atoms with Crippen LogP contribution in [0, 0.1) is 27.7 Å². The Morgan fingerprint density at radius 2 is 1.65 bits per heavy atom. The number of anilines is 1. The zero-order valence-electron chi connectivity index (χ0n) is 18.1. The van der Waals surface area contributed by atoms with Gasteiger partial charge in [-0.25, -0.2) is 13.4 Å². The lowest BCUT2D eigenvalue weighted by Crippen LogP contribution is -2.16. The summed E-state index contributed by atoms with van der Waals surface area (Å²) in [6.07, 6.45) is 0. The van der Waals surface area contributed by atoms with Crippen molar-refractivity contribution in [3.8, 4) is 16.3 Å². The Morgan fingerprint density at radius 3 is 2.32 bits per heavy atom. The number of ether oxygens (including phenoxy) is 1. The fourth-order valence-corrected chi connectivity index (χ4v) is 6.35. The maximum absolute atomic E-state index is 13.1. The first kappa shape index (κ1) is 21.3. The highest BCUT2D eigenvalue weighted by molar-refractivity contribution is 7.92. The molecule has 0 amide bonds. The van der Waals surface area contributed by atoms with Gasteiger partial charge in [0.05, 0.1) is 22.2 Å². The molecule has 0 radical (unpaired) electrons. The first-order valence-corrected chi connectivity index (χ1v) is 12.1. The summed E-state index contributed by atoms with van der Waals surface area (Å²) < 4.78 is 35.5. The van der Waals surface area contributed by atoms with Crippen molar-refractivity contribution in [2.75, 3.05) is 11.8 Å². The standard InChI is InChI=1S/C24H24N2O3S2/c1-14-6-11-20-22(12-14)30-24(25-20)18-7-9-19(10-8-18)26-31(27,28)23-15(2)13-21(29-5)16(3)17(23)4/h6-13,26H,1-5H3. The fourth-order valence-electron chi connectivity index (χ4n) is 3.69. The topological polar surface area (TPSA) is 68.3 Å². The summed E-state index contributed by atoms with van der Waals surface area (Å²) in [6.45, 7) is 7.51. The van der Waals surface area contributed by atoms with Gasteiger partial charge < -0.3 is 4.74 Å². The number of fused-ring (bicyclic) bond motifs is 1. The van der Waals surface area contributed by atoms with E-state index in [0.29, 0.717) is 22.6 Å². The van der Waals surface area contributed by atoms with Gasteiger partial charge in [0.1, 0.15) is 10.8 Å². The van der Waals surface area contributed by atoms with Crippen LogP contribution in [0.5, 0.6) is 5.75 Å². The summed E-state index contributed by atoms with van der Waals surface area (Å²) in [5, 5.41) is 0.910. The Hall–Kier alpha value is -2.90. The molecule has 0 fully saturated rings. The minimum Gasteiger partial charge on any atom is -0.496 e. The number of sulfonamides is 1. The highest BCUT2D eigenvalue weighted by atomic mass is 32.2. The molecule has 0 unspecified atom stereocenters. The van der Waals surface area contributed by atoms with E-state index in [-0.39, 0.29) is 4.90 Å². The first-order chi connectivity index (χ1) is 14.7. The molecule has 0 spiro atoms. The number of nitrogens with zero attached hydrogens (tertiary/aromatic N) is 1. The van der Waals surface area contributed by atoms with Crippen molar-refractivity contribution in [1.82, 2.24) is 4.98 Å². The lowest BCUT2D eigenvalue weighted by molar-refractivity contribution is 0.410. The molecule has 0 aliphatic carbocycles. The van der Waals surface area contributed by atoms with Crippen LogP contribution in [0.1, 0.15) is 22.3 Å². The number of methoxy groups -OCH3 is 1. The molecule has 1 aromatic heterocycles. The second-order valence-electron chi connectivity index (χ2n) is 7.65. The summed E-state index contributed by atoms with van der Waals surface area (Å²) in [6, 6.07) is 15.3. The molecule has 0 atom stereocenters. The predicted octanol–water partition coefficient (Wildman–Crippen LogP) is 6.01. The predicted molar refractivity (Wildman–Crippen MR) is 128 cm³/mol. The third-order valence-electron chi connectivity index (χ3n) is 5.40. The monoisotopic (exact) mass is 452 g/mol. The SMILES string of the molecule is COc1cc(C)c(S(=O)(=O)Nc2ccc(-c3nc4ccc(C)cc4s3)cc2)c(C)c1C. The zero-order chi connectivity index (χ0) is 22.3. The van der Waals surface area contributed by atoms with Gasteiger partial charge >= 0.3 is 0 Å². The minimum atomic E-state index is -3.74. The van der Waals surface area contributed by atoms with Crippen LogP contribution >= 0.6 is 11.3 Å². The smallest absolute Gasteiger partial charge is 0.262 e. The summed E-state index contributed by atoms with van der Waals surface area (Å²) >= 11 is 1.63. The van der Waals surface area contributed by atoms with E-state index in [1.54, 1.807) is 50.5 Å². The molecular weight excluding hydrogens is 428 g/mol. The summed E-state index contributed by atoms with van der Waals surface area (Å²) in [7, 11) is -2.16. The van der Waals surface area contributed by atoms with Gasteiger partial charge in [-0.05, 0) is 92.4 Å². The molecule has 5 nitrogen and oxygen atoms in total. The van der Waals surface area contributed by atoms with E-state index in [1.165, 1.54) is 5.56 Å². The summed E-state index contributed by atoms with van der Waals surface area (Å²) in [4.78, 5) is 4.98. The van der Waals surface area contributed by atoms with Gasteiger partial charge in [0, 0.05) is 11.3 Å². The van der Waals surface area contributed by atoms with E-state index >= 15 is 0 Å². The number of rotatable bonds is 5. The highest BCUT2D eigenvalue weighted by Gasteiger charge is 2.23. The van der Waals surface area contributed by atoms with Crippen LogP contribution in [0.3, 0.4) is 0 Å². The van der Waals surface area contributed by atoms with Crippen LogP contribution < -0.4 is 9.46 Å². The number of thiazole rings is 1. The van der Waals surface area contributed by atoms with E-state index < -0.39 is 10.0 Å². The van der Waals surface area contributed by atoms with E-state index in [2.05, 4.69) is 23.8 Å². The Morgan fingerprint density at radius 1 is 0.935 bits per heavy atom. The normalized spacial score (nSPS) is 11.6. The maximum atomic E-state index is 13.1. The molecular formula is C24H24N2O3S2. The van der Waals surface area contributed by atoms with Crippen molar-refractivity contribution in [2.45, 2.75) is 32.6 Å². The third-order valence-corrected chi connectivity index (χ3v) is 8.13. The van der Waals surface area contributed by atoms with Gasteiger partial charge in [0.2, 0.25) is 0 Å². The molecule has 1 heterocycles. The Labute approximate surface area is 186 Å². The van der Waals surface area contributed by atoms with Gasteiger partial charge in [-0.2, -0.15) is 0 Å². The minimum absolute atomic E-state index is 0.288. The average Bonchev–Trinajstić information content (AvgIpc) is 3.14. The molecule has 4 aromatic rings. The van der Waals surface area contributed by atoms with E-state index in [4.69, 9.17) is 9.72 Å². The van der Waals surface area contributed by atoms with E-state index in [9.17, 15) is 8.42 Å². The number of aryl methyl sites for hydroxylation is 2. The van der Waals surface area contributed by atoms with Crippen molar-refractivity contribution >= 4 is 37.3 Å². The second-order valence-corrected chi connectivity index (χ2v) is 10.3. The Bertz CT molecular complexity index is 1390. The summed E-state index contributed by atoms with van der Waals surface area (Å²) in [5.74, 6) is 0.685. The maximum Gasteiger partial charge on any atom is 0.262 e. The van der Waals surface area contributed by atoms with Crippen LogP contribution in [0.4, 0.5) is 5.69 Å². The number of aromatic nitrogens is 1. The third kappa shape index (κ3) is 4.03. The fraction of sp³-hybridized carbons (Fsp3) is 0.208. The zero-order valence-corrected chi connectivity index (χ0v) is 19.7. The van der Waals surface area contributed by atoms with Crippen molar-refractivity contribution < 1.29 is 13.2 Å². The van der Waals surface area contributed by atoms with Crippen LogP contribution in [0.2, 0.25) is 0 Å². The number of hydrogen-bond acceptors (Lipinski definition) is 5. The quantitative estimate of drug-likeness (QED) is 0.403. The van der Waals surface area contributed by atoms with Crippen molar-refractivity contribution in [1.29, 1.82) is 0 Å². The van der Waals surface area contributed by atoms with Gasteiger partial charge in [0.25, 0.3) is 10.0 Å². The molecule has 7 heteroatoms. The number of nitrogens with one attached hydrogen (secondary N) is 1. The lowest BCUT2D eigenvalue weighted by atomic mass is 10.1. The molecule has 160 valence electrons. The highest BCUT2D eigenvalue weighted by Crippen LogP contribution is 2.33. The van der Waals surface area contributed by atoms with Gasteiger partial charge in [0.15, 0.2) is 0 Å². The molecule has 0 aliphatic rings. The van der Waals surface area contributed by atoms with Crippen LogP contribution in [-0.4, -0.2) is 20.5 Å². The van der Waals surface area contributed by atoms with Gasteiger partial charge in [-0.3, -0.25) is 4.72 Å². The second kappa shape index (κ2) is 7.98. The van der Waals surface area contributed by atoms with Crippen LogP contribution in [-0.2, 0) is 10.0 Å². The average molecular weight is 453 g/mol. The molecule has 0 aliphatic heterocycles. The molecule has 4 rings (SSSR count). The van der Waals surface area contributed by atoms with Gasteiger partial charge in [-0.15, -0.1) is 11.3 Å². The lowest BCUT2D eigenvalue weighted by Gasteiger charge is -2.17. The summed E-state index contributed by atoms with van der Waals surface area (Å²) in [5.41, 5.74) is 5.78. The molecule has 3 aromatic carbocycles. The van der Waals surface area contributed by atoms with Crippen LogP contribution in [0.25, 0.3) is 20.8 Å². The van der Waals surface area contributed by atoms with Crippen molar-refractivity contribution in [3.05, 3.63) is 70.8 Å².